The molecule has 0 bridgehead atoms. The number of rotatable bonds is 7. The fraction of sp³-hybridized carbons (Fsp3) is 0.571. The Morgan fingerprint density at radius 3 is 2.44 bits per heavy atom. The largest absolute Gasteiger partial charge is 0.317 e. The van der Waals surface area contributed by atoms with Crippen LogP contribution in [0.2, 0.25) is 0 Å². The Labute approximate surface area is 113 Å². The van der Waals surface area contributed by atoms with Crippen LogP contribution < -0.4 is 5.32 Å². The molecule has 1 N–H and O–H groups in total. The number of nitrogens with one attached hydrogen (secondary N) is 1. The van der Waals surface area contributed by atoms with Crippen LogP contribution in [0, 0.1) is 3.57 Å². The average molecular weight is 331 g/mol. The molecule has 16 heavy (non-hydrogen) atoms. The zero-order valence-corrected chi connectivity index (χ0v) is 12.5. The zero-order valence-electron chi connectivity index (χ0n) is 10.3. The second kappa shape index (κ2) is 8.07. The first-order valence-corrected chi connectivity index (χ1v) is 7.25. The minimum atomic E-state index is 0.631. The third-order valence-electron chi connectivity index (χ3n) is 2.96. The molecular weight excluding hydrogens is 309 g/mol. The van der Waals surface area contributed by atoms with Gasteiger partial charge in [0.25, 0.3) is 0 Å². The highest BCUT2D eigenvalue weighted by Crippen LogP contribution is 2.12. The van der Waals surface area contributed by atoms with Crippen molar-refractivity contribution in [3.05, 3.63) is 33.4 Å². The molecule has 1 nitrogen and oxygen atoms in total. The predicted molar refractivity (Wildman–Crippen MR) is 79.9 cm³/mol. The molecule has 0 saturated heterocycles. The lowest BCUT2D eigenvalue weighted by molar-refractivity contribution is 0.490. The van der Waals surface area contributed by atoms with Crippen molar-refractivity contribution in [2.75, 3.05) is 7.05 Å². The standard InChI is InChI=1S/C14H22IN/c1-3-4-5-6-14(16-2)11-12-7-9-13(15)10-8-12/h7-10,14,16H,3-6,11H2,1-2H3. The molecule has 0 amide bonds. The summed E-state index contributed by atoms with van der Waals surface area (Å²) < 4.78 is 1.31. The average Bonchev–Trinajstić information content (AvgIpc) is 2.31. The van der Waals surface area contributed by atoms with E-state index >= 15 is 0 Å². The minimum Gasteiger partial charge on any atom is -0.317 e. The summed E-state index contributed by atoms with van der Waals surface area (Å²) in [6.45, 7) is 2.26. The third-order valence-corrected chi connectivity index (χ3v) is 3.68. The summed E-state index contributed by atoms with van der Waals surface area (Å²) in [5.41, 5.74) is 1.44. The lowest BCUT2D eigenvalue weighted by Gasteiger charge is -2.16. The van der Waals surface area contributed by atoms with E-state index in [0.717, 1.165) is 6.42 Å². The quantitative estimate of drug-likeness (QED) is 0.588. The monoisotopic (exact) mass is 331 g/mol. The summed E-state index contributed by atoms with van der Waals surface area (Å²) in [5.74, 6) is 0. The van der Waals surface area contributed by atoms with Crippen molar-refractivity contribution >= 4 is 22.6 Å². The Morgan fingerprint density at radius 2 is 1.88 bits per heavy atom. The van der Waals surface area contributed by atoms with Gasteiger partial charge in [-0.05, 0) is 60.2 Å². The van der Waals surface area contributed by atoms with Crippen LogP contribution in [0.25, 0.3) is 0 Å². The van der Waals surface area contributed by atoms with E-state index in [9.17, 15) is 0 Å². The summed E-state index contributed by atoms with van der Waals surface area (Å²) in [6, 6.07) is 9.49. The molecule has 0 aromatic heterocycles. The van der Waals surface area contributed by atoms with Gasteiger partial charge in [-0.25, -0.2) is 0 Å². The molecule has 90 valence electrons. The van der Waals surface area contributed by atoms with Crippen molar-refractivity contribution in [1.29, 1.82) is 0 Å². The summed E-state index contributed by atoms with van der Waals surface area (Å²) in [4.78, 5) is 0. The van der Waals surface area contributed by atoms with Gasteiger partial charge < -0.3 is 5.32 Å². The van der Waals surface area contributed by atoms with Crippen LogP contribution in [0.4, 0.5) is 0 Å². The minimum absolute atomic E-state index is 0.631. The first-order valence-electron chi connectivity index (χ1n) is 6.18. The molecule has 0 heterocycles. The van der Waals surface area contributed by atoms with E-state index in [2.05, 4.69) is 66.1 Å². The SMILES string of the molecule is CCCCCC(Cc1ccc(I)cc1)NC. The second-order valence-corrected chi connectivity index (χ2v) is 5.56. The molecule has 0 radical (unpaired) electrons. The predicted octanol–water partition coefficient (Wildman–Crippen LogP) is 4.00. The Kier molecular flexibility index (Phi) is 7.05. The molecule has 0 fully saturated rings. The summed E-state index contributed by atoms with van der Waals surface area (Å²) >= 11 is 2.35. The zero-order chi connectivity index (χ0) is 11.8. The lowest BCUT2D eigenvalue weighted by Crippen LogP contribution is -2.27. The Bertz CT molecular complexity index is 281. The van der Waals surface area contributed by atoms with Crippen molar-refractivity contribution in [2.45, 2.75) is 45.1 Å². The van der Waals surface area contributed by atoms with Crippen molar-refractivity contribution < 1.29 is 0 Å². The highest BCUT2D eigenvalue weighted by atomic mass is 127. The lowest BCUT2D eigenvalue weighted by atomic mass is 10.0. The normalized spacial score (nSPS) is 12.7. The molecule has 0 aliphatic heterocycles. The van der Waals surface area contributed by atoms with E-state index in [0.29, 0.717) is 6.04 Å². The van der Waals surface area contributed by atoms with Gasteiger partial charge in [-0.2, -0.15) is 0 Å². The van der Waals surface area contributed by atoms with Crippen LogP contribution in [0.15, 0.2) is 24.3 Å². The molecule has 0 spiro atoms. The van der Waals surface area contributed by atoms with Gasteiger partial charge in [-0.15, -0.1) is 0 Å². The molecule has 0 aliphatic rings. The van der Waals surface area contributed by atoms with E-state index in [1.165, 1.54) is 34.8 Å². The fourth-order valence-corrected chi connectivity index (χ4v) is 2.25. The Hall–Kier alpha value is -0.0900. The van der Waals surface area contributed by atoms with Crippen LogP contribution in [0.5, 0.6) is 0 Å². The molecule has 1 atom stereocenters. The highest BCUT2D eigenvalue weighted by molar-refractivity contribution is 14.1. The molecule has 2 heteroatoms. The van der Waals surface area contributed by atoms with Gasteiger partial charge in [0.05, 0.1) is 0 Å². The van der Waals surface area contributed by atoms with Crippen molar-refractivity contribution in [3.63, 3.8) is 0 Å². The smallest absolute Gasteiger partial charge is 0.0130 e. The molecule has 1 aromatic carbocycles. The Morgan fingerprint density at radius 1 is 1.19 bits per heavy atom. The van der Waals surface area contributed by atoms with Gasteiger partial charge in [0.15, 0.2) is 0 Å². The van der Waals surface area contributed by atoms with E-state index in [4.69, 9.17) is 0 Å². The van der Waals surface area contributed by atoms with E-state index < -0.39 is 0 Å². The third kappa shape index (κ3) is 5.30. The molecule has 0 aliphatic carbocycles. The molecule has 1 rings (SSSR count). The first kappa shape index (κ1) is 14.0. The molecular formula is C14H22IN. The van der Waals surface area contributed by atoms with Crippen LogP contribution >= 0.6 is 22.6 Å². The molecule has 0 saturated carbocycles. The van der Waals surface area contributed by atoms with Crippen molar-refractivity contribution in [1.82, 2.24) is 5.32 Å². The molecule has 1 aromatic rings. The van der Waals surface area contributed by atoms with Crippen LogP contribution in [0.1, 0.15) is 38.2 Å². The number of likely N-dealkylation sites (N-methyl/N-ethyl adjacent to an activating group) is 1. The Balaban J connectivity index is 2.40. The second-order valence-electron chi connectivity index (χ2n) is 4.31. The number of halogens is 1. The number of benzene rings is 1. The number of hydrogen-bond donors (Lipinski definition) is 1. The number of hydrogen-bond acceptors (Lipinski definition) is 1. The first-order chi connectivity index (χ1) is 7.76. The van der Waals surface area contributed by atoms with Gasteiger partial charge in [0, 0.05) is 9.61 Å². The summed E-state index contributed by atoms with van der Waals surface area (Å²) in [5, 5.41) is 3.42. The van der Waals surface area contributed by atoms with E-state index in [1.54, 1.807) is 0 Å². The topological polar surface area (TPSA) is 12.0 Å². The van der Waals surface area contributed by atoms with Gasteiger partial charge in [-0.3, -0.25) is 0 Å². The van der Waals surface area contributed by atoms with Crippen LogP contribution in [0.3, 0.4) is 0 Å². The maximum atomic E-state index is 3.42. The van der Waals surface area contributed by atoms with Crippen molar-refractivity contribution in [2.24, 2.45) is 0 Å². The van der Waals surface area contributed by atoms with E-state index in [-0.39, 0.29) is 0 Å². The maximum Gasteiger partial charge on any atom is 0.0130 e. The van der Waals surface area contributed by atoms with Gasteiger partial charge in [0.2, 0.25) is 0 Å². The van der Waals surface area contributed by atoms with Crippen LogP contribution in [-0.2, 0) is 6.42 Å². The highest BCUT2D eigenvalue weighted by Gasteiger charge is 2.06. The summed E-state index contributed by atoms with van der Waals surface area (Å²) in [6.07, 6.45) is 6.44. The van der Waals surface area contributed by atoms with Crippen LogP contribution in [-0.4, -0.2) is 13.1 Å². The van der Waals surface area contributed by atoms with Crippen molar-refractivity contribution in [3.8, 4) is 0 Å². The van der Waals surface area contributed by atoms with Gasteiger partial charge in [0.1, 0.15) is 0 Å². The number of unbranched alkanes of at least 4 members (excludes halogenated alkanes) is 2. The molecule has 1 unspecified atom stereocenters. The van der Waals surface area contributed by atoms with E-state index in [1.807, 2.05) is 0 Å². The van der Waals surface area contributed by atoms with Gasteiger partial charge >= 0.3 is 0 Å². The maximum absolute atomic E-state index is 3.42. The summed E-state index contributed by atoms with van der Waals surface area (Å²) in [7, 11) is 2.07. The fourth-order valence-electron chi connectivity index (χ4n) is 1.89. The van der Waals surface area contributed by atoms with Gasteiger partial charge in [-0.1, -0.05) is 38.3 Å².